The molecule has 0 amide bonds. The van der Waals surface area contributed by atoms with Crippen LogP contribution in [-0.2, 0) is 15.2 Å². The number of aliphatic hydroxyl groups excluding tert-OH is 1. The van der Waals surface area contributed by atoms with Crippen molar-refractivity contribution < 1.29 is 19.0 Å². The Morgan fingerprint density at radius 3 is 3.10 bits per heavy atom. The van der Waals surface area contributed by atoms with Crippen molar-refractivity contribution in [2.45, 2.75) is 35.3 Å². The van der Waals surface area contributed by atoms with Crippen molar-refractivity contribution in [1.82, 2.24) is 20.2 Å². The van der Waals surface area contributed by atoms with E-state index in [1.54, 1.807) is 10.9 Å². The zero-order chi connectivity index (χ0) is 14.2. The molecule has 0 aromatic carbocycles. The van der Waals surface area contributed by atoms with Gasteiger partial charge in [0.1, 0.15) is 30.1 Å². The maximum atomic E-state index is 9.78. The summed E-state index contributed by atoms with van der Waals surface area (Å²) in [6.07, 6.45) is 0.575. The van der Waals surface area contributed by atoms with Crippen molar-refractivity contribution in [3.8, 4) is 0 Å². The van der Waals surface area contributed by atoms with Crippen LogP contribution in [0.5, 0.6) is 0 Å². The number of aliphatic hydroxyl groups is 1. The standard InChI is InChI=1S/C12H14N4O4S/c17-9-5-20-10-8(4-19-11(9)10)16-12(13-14-15-16)21-6-7-2-1-3-18-7/h1-3,8-11,17H,4-6H2. The summed E-state index contributed by atoms with van der Waals surface area (Å²) in [7, 11) is 0. The van der Waals surface area contributed by atoms with Crippen LogP contribution in [0.15, 0.2) is 28.0 Å². The normalized spacial score (nSPS) is 31.7. The second-order valence-electron chi connectivity index (χ2n) is 5.00. The van der Waals surface area contributed by atoms with E-state index in [0.29, 0.717) is 24.1 Å². The van der Waals surface area contributed by atoms with Gasteiger partial charge < -0.3 is 19.0 Å². The van der Waals surface area contributed by atoms with E-state index in [-0.39, 0.29) is 18.2 Å². The van der Waals surface area contributed by atoms with Crippen LogP contribution in [0.4, 0.5) is 0 Å². The number of hydrogen-bond acceptors (Lipinski definition) is 8. The van der Waals surface area contributed by atoms with Gasteiger partial charge in [-0.25, -0.2) is 4.68 Å². The molecule has 1 N–H and O–H groups in total. The van der Waals surface area contributed by atoms with Gasteiger partial charge in [-0.05, 0) is 22.6 Å². The Morgan fingerprint density at radius 1 is 1.33 bits per heavy atom. The highest BCUT2D eigenvalue weighted by Crippen LogP contribution is 2.35. The third-order valence-corrected chi connectivity index (χ3v) is 4.66. The Kier molecular flexibility index (Phi) is 3.42. The minimum atomic E-state index is -0.573. The van der Waals surface area contributed by atoms with Crippen molar-refractivity contribution >= 4 is 11.8 Å². The molecule has 0 saturated carbocycles. The van der Waals surface area contributed by atoms with E-state index in [0.717, 1.165) is 5.76 Å². The number of rotatable bonds is 4. The van der Waals surface area contributed by atoms with Gasteiger partial charge in [-0.1, -0.05) is 11.8 Å². The van der Waals surface area contributed by atoms with Crippen LogP contribution >= 0.6 is 11.8 Å². The highest BCUT2D eigenvalue weighted by Gasteiger charge is 2.49. The molecule has 9 heteroatoms. The molecule has 2 aromatic rings. The second-order valence-corrected chi connectivity index (χ2v) is 5.95. The fourth-order valence-corrected chi connectivity index (χ4v) is 3.52. The minimum absolute atomic E-state index is 0.110. The summed E-state index contributed by atoms with van der Waals surface area (Å²) in [4.78, 5) is 0. The summed E-state index contributed by atoms with van der Waals surface area (Å²) in [6, 6.07) is 3.65. The Labute approximate surface area is 124 Å². The Morgan fingerprint density at radius 2 is 2.24 bits per heavy atom. The monoisotopic (exact) mass is 310 g/mol. The van der Waals surface area contributed by atoms with Gasteiger partial charge in [-0.15, -0.1) is 5.10 Å². The molecule has 2 saturated heterocycles. The molecule has 4 unspecified atom stereocenters. The van der Waals surface area contributed by atoms with E-state index in [2.05, 4.69) is 15.5 Å². The van der Waals surface area contributed by atoms with Crippen LogP contribution in [0.25, 0.3) is 0 Å². The molecule has 0 bridgehead atoms. The molecule has 2 aliphatic rings. The summed E-state index contributed by atoms with van der Waals surface area (Å²) in [5.74, 6) is 1.51. The summed E-state index contributed by atoms with van der Waals surface area (Å²) in [5.41, 5.74) is 0. The third-order valence-electron chi connectivity index (χ3n) is 3.70. The lowest BCUT2D eigenvalue weighted by Gasteiger charge is -2.16. The average Bonchev–Trinajstić information content (AvgIpc) is 3.23. The first kappa shape index (κ1) is 13.3. The zero-order valence-corrected chi connectivity index (χ0v) is 11.8. The smallest absolute Gasteiger partial charge is 0.210 e. The number of tetrazole rings is 1. The zero-order valence-electron chi connectivity index (χ0n) is 11.0. The molecule has 0 radical (unpaired) electrons. The van der Waals surface area contributed by atoms with Crippen LogP contribution in [0.3, 0.4) is 0 Å². The molecule has 0 aliphatic carbocycles. The quantitative estimate of drug-likeness (QED) is 0.803. The van der Waals surface area contributed by atoms with Crippen molar-refractivity contribution in [2.75, 3.05) is 13.2 Å². The van der Waals surface area contributed by atoms with Crippen LogP contribution in [0, 0.1) is 0 Å². The number of furan rings is 1. The van der Waals surface area contributed by atoms with Crippen molar-refractivity contribution in [1.29, 1.82) is 0 Å². The van der Waals surface area contributed by atoms with E-state index < -0.39 is 6.10 Å². The van der Waals surface area contributed by atoms with Crippen molar-refractivity contribution in [3.05, 3.63) is 24.2 Å². The van der Waals surface area contributed by atoms with Crippen LogP contribution in [0.1, 0.15) is 11.8 Å². The number of hydrogen-bond donors (Lipinski definition) is 1. The van der Waals surface area contributed by atoms with E-state index in [1.807, 2.05) is 12.1 Å². The number of nitrogens with zero attached hydrogens (tertiary/aromatic N) is 4. The average molecular weight is 310 g/mol. The highest BCUT2D eigenvalue weighted by molar-refractivity contribution is 7.98. The van der Waals surface area contributed by atoms with Gasteiger partial charge >= 0.3 is 0 Å². The number of aromatic nitrogens is 4. The topological polar surface area (TPSA) is 95.4 Å². The van der Waals surface area contributed by atoms with E-state index in [4.69, 9.17) is 13.9 Å². The van der Waals surface area contributed by atoms with Gasteiger partial charge in [-0.3, -0.25) is 0 Å². The molecule has 4 rings (SSSR count). The number of thioether (sulfide) groups is 1. The van der Waals surface area contributed by atoms with Gasteiger partial charge in [0.15, 0.2) is 0 Å². The first-order valence-electron chi connectivity index (χ1n) is 6.67. The predicted molar refractivity (Wildman–Crippen MR) is 70.6 cm³/mol. The summed E-state index contributed by atoms with van der Waals surface area (Å²) in [6.45, 7) is 0.731. The fraction of sp³-hybridized carbons (Fsp3) is 0.583. The van der Waals surface area contributed by atoms with Gasteiger partial charge in [0, 0.05) is 0 Å². The summed E-state index contributed by atoms with van der Waals surface area (Å²) < 4.78 is 18.2. The summed E-state index contributed by atoms with van der Waals surface area (Å²) >= 11 is 1.49. The maximum Gasteiger partial charge on any atom is 0.210 e. The van der Waals surface area contributed by atoms with Crippen LogP contribution in [0.2, 0.25) is 0 Å². The van der Waals surface area contributed by atoms with Gasteiger partial charge in [0.05, 0.1) is 25.2 Å². The minimum Gasteiger partial charge on any atom is -0.468 e. The molecule has 2 aliphatic heterocycles. The molecule has 112 valence electrons. The Hall–Kier alpha value is -1.42. The van der Waals surface area contributed by atoms with E-state index in [9.17, 15) is 5.11 Å². The first-order valence-corrected chi connectivity index (χ1v) is 7.66. The molecule has 4 heterocycles. The van der Waals surface area contributed by atoms with Crippen molar-refractivity contribution in [3.63, 3.8) is 0 Å². The lowest BCUT2D eigenvalue weighted by molar-refractivity contribution is 0.0167. The number of ether oxygens (including phenoxy) is 2. The second kappa shape index (κ2) is 5.41. The van der Waals surface area contributed by atoms with Crippen molar-refractivity contribution in [2.24, 2.45) is 0 Å². The predicted octanol–water partition coefficient (Wildman–Crippen LogP) is 0.258. The molecular formula is C12H14N4O4S. The Balaban J connectivity index is 1.50. The van der Waals surface area contributed by atoms with Crippen LogP contribution < -0.4 is 0 Å². The Bertz CT molecular complexity index is 604. The van der Waals surface area contributed by atoms with Gasteiger partial charge in [-0.2, -0.15) is 0 Å². The lowest BCUT2D eigenvalue weighted by atomic mass is 10.1. The highest BCUT2D eigenvalue weighted by atomic mass is 32.2. The summed E-state index contributed by atoms with van der Waals surface area (Å²) in [5, 5.41) is 22.3. The van der Waals surface area contributed by atoms with Gasteiger partial charge in [0.2, 0.25) is 5.16 Å². The SMILES string of the molecule is OC1COC2C1OCC2n1nnnc1SCc1ccco1. The first-order chi connectivity index (χ1) is 10.3. The number of fused-ring (bicyclic) bond motifs is 1. The van der Waals surface area contributed by atoms with E-state index in [1.165, 1.54) is 11.8 Å². The fourth-order valence-electron chi connectivity index (χ4n) is 2.69. The van der Waals surface area contributed by atoms with Crippen LogP contribution in [-0.4, -0.2) is 56.8 Å². The molecule has 2 aromatic heterocycles. The molecular weight excluding hydrogens is 296 g/mol. The molecule has 0 spiro atoms. The third kappa shape index (κ3) is 2.35. The molecule has 21 heavy (non-hydrogen) atoms. The lowest BCUT2D eigenvalue weighted by Crippen LogP contribution is -2.30. The molecule has 8 nitrogen and oxygen atoms in total. The molecule has 4 atom stereocenters. The largest absolute Gasteiger partial charge is 0.468 e. The van der Waals surface area contributed by atoms with Gasteiger partial charge in [0.25, 0.3) is 0 Å². The van der Waals surface area contributed by atoms with E-state index >= 15 is 0 Å². The maximum absolute atomic E-state index is 9.78. The molecule has 2 fully saturated rings.